The first-order valence-corrected chi connectivity index (χ1v) is 12.2. The molecule has 32 heavy (non-hydrogen) atoms. The van der Waals surface area contributed by atoms with Crippen molar-refractivity contribution in [3.05, 3.63) is 48.0 Å². The van der Waals surface area contributed by atoms with Crippen LogP contribution in [0.1, 0.15) is 24.2 Å². The van der Waals surface area contributed by atoms with Crippen LogP contribution >= 0.6 is 11.8 Å². The molecule has 1 saturated heterocycles. The number of nitrogens with zero attached hydrogens (tertiary/aromatic N) is 1. The summed E-state index contributed by atoms with van der Waals surface area (Å²) in [5, 5.41) is 2.68. The van der Waals surface area contributed by atoms with Gasteiger partial charge in [-0.3, -0.25) is 4.79 Å². The number of morpholine rings is 1. The van der Waals surface area contributed by atoms with E-state index >= 15 is 0 Å². The highest BCUT2D eigenvalue weighted by Crippen LogP contribution is 2.31. The van der Waals surface area contributed by atoms with E-state index in [1.165, 1.54) is 46.8 Å². The minimum atomic E-state index is -3.77. The molecule has 1 aliphatic rings. The van der Waals surface area contributed by atoms with Gasteiger partial charge in [0.05, 0.1) is 29.9 Å². The Morgan fingerprint density at radius 3 is 2.38 bits per heavy atom. The lowest BCUT2D eigenvalue weighted by Crippen LogP contribution is -2.40. The smallest absolute Gasteiger partial charge is 0.288 e. The largest absolute Gasteiger partial charge is 0.489 e. The Morgan fingerprint density at radius 2 is 1.78 bits per heavy atom. The molecule has 3 rings (SSSR count). The van der Waals surface area contributed by atoms with Crippen molar-refractivity contribution >= 4 is 33.4 Å². The summed E-state index contributed by atoms with van der Waals surface area (Å²) in [4.78, 5) is 13.1. The molecule has 174 valence electrons. The lowest BCUT2D eigenvalue weighted by Gasteiger charge is -2.26. The molecule has 0 aliphatic carbocycles. The Bertz CT molecular complexity index is 1040. The molecule has 2 aromatic carbocycles. The maximum atomic E-state index is 13.0. The lowest BCUT2D eigenvalue weighted by molar-refractivity contribution is 0.0730. The number of carbonyl (C=O) groups excluding carboxylic acids is 1. The third-order valence-corrected chi connectivity index (χ3v) is 7.13. The molecule has 1 aliphatic heterocycles. The fraction of sp³-hybridized carbons (Fsp3) is 0.381. The molecule has 1 amide bonds. The van der Waals surface area contributed by atoms with Crippen LogP contribution in [0, 0.1) is 0 Å². The number of alkyl halides is 2. The van der Waals surface area contributed by atoms with Gasteiger partial charge in [-0.15, -0.1) is 0 Å². The lowest BCUT2D eigenvalue weighted by atomic mass is 10.2. The van der Waals surface area contributed by atoms with E-state index in [0.29, 0.717) is 35.6 Å². The SMILES string of the molecule is CC(C)Oc1ccc(S(=O)(=O)N2CCOCC2)cc1NC(=O)c1ccc(SC(F)F)cc1. The van der Waals surface area contributed by atoms with Crippen LogP contribution in [-0.2, 0) is 14.8 Å². The van der Waals surface area contributed by atoms with E-state index in [1.807, 2.05) is 13.8 Å². The van der Waals surface area contributed by atoms with Crippen LogP contribution < -0.4 is 10.1 Å². The number of ether oxygens (including phenoxy) is 2. The third kappa shape index (κ3) is 6.18. The Kier molecular flexibility index (Phi) is 8.10. The second kappa shape index (κ2) is 10.6. The fourth-order valence-electron chi connectivity index (χ4n) is 3.04. The summed E-state index contributed by atoms with van der Waals surface area (Å²) in [6, 6.07) is 10.0. The maximum absolute atomic E-state index is 13.0. The number of benzene rings is 2. The summed E-state index contributed by atoms with van der Waals surface area (Å²) in [5.74, 6) is -2.76. The predicted octanol–water partition coefficient (Wildman–Crippen LogP) is 4.06. The van der Waals surface area contributed by atoms with Crippen molar-refractivity contribution < 1.29 is 31.5 Å². The molecule has 0 bridgehead atoms. The number of nitrogens with one attached hydrogen (secondary N) is 1. The van der Waals surface area contributed by atoms with E-state index in [9.17, 15) is 22.0 Å². The zero-order chi connectivity index (χ0) is 23.3. The topological polar surface area (TPSA) is 84.9 Å². The first-order valence-electron chi connectivity index (χ1n) is 9.91. The number of rotatable bonds is 8. The maximum Gasteiger partial charge on any atom is 0.288 e. The van der Waals surface area contributed by atoms with Crippen molar-refractivity contribution in [2.75, 3.05) is 31.6 Å². The van der Waals surface area contributed by atoms with Gasteiger partial charge in [-0.2, -0.15) is 13.1 Å². The van der Waals surface area contributed by atoms with E-state index in [2.05, 4.69) is 5.32 Å². The van der Waals surface area contributed by atoms with Crippen LogP contribution in [0.15, 0.2) is 52.3 Å². The summed E-state index contributed by atoms with van der Waals surface area (Å²) in [5.41, 5.74) is 0.435. The zero-order valence-corrected chi connectivity index (χ0v) is 19.2. The van der Waals surface area contributed by atoms with Gasteiger partial charge >= 0.3 is 0 Å². The van der Waals surface area contributed by atoms with Crippen LogP contribution in [0.5, 0.6) is 5.75 Å². The molecule has 2 aromatic rings. The highest BCUT2D eigenvalue weighted by atomic mass is 32.2. The predicted molar refractivity (Wildman–Crippen MR) is 118 cm³/mol. The molecular weight excluding hydrogens is 462 g/mol. The van der Waals surface area contributed by atoms with Crippen LogP contribution in [-0.4, -0.2) is 56.8 Å². The van der Waals surface area contributed by atoms with Gasteiger partial charge in [-0.05, 0) is 56.3 Å². The first kappa shape index (κ1) is 24.4. The minimum Gasteiger partial charge on any atom is -0.489 e. The fourth-order valence-corrected chi connectivity index (χ4v) is 4.98. The molecule has 1 N–H and O–H groups in total. The summed E-state index contributed by atoms with van der Waals surface area (Å²) >= 11 is 0.385. The van der Waals surface area contributed by atoms with Gasteiger partial charge in [-0.1, -0.05) is 11.8 Å². The van der Waals surface area contributed by atoms with E-state index in [4.69, 9.17) is 9.47 Å². The Balaban J connectivity index is 1.87. The van der Waals surface area contributed by atoms with Crippen LogP contribution in [0.4, 0.5) is 14.5 Å². The van der Waals surface area contributed by atoms with E-state index in [0.717, 1.165) is 0 Å². The molecular formula is C21H24F2N2O5S2. The summed E-state index contributed by atoms with van der Waals surface area (Å²) in [7, 11) is -3.77. The van der Waals surface area contributed by atoms with Crippen LogP contribution in [0.25, 0.3) is 0 Å². The molecule has 0 aromatic heterocycles. The standard InChI is InChI=1S/C21H24F2N2O5S2/c1-14(2)30-19-8-7-17(32(27,28)25-9-11-29-12-10-25)13-18(19)24-20(26)15-3-5-16(6-4-15)31-21(22)23/h3-8,13-14,21H,9-12H2,1-2H3,(H,24,26). The minimum absolute atomic E-state index is 0.0227. The molecule has 0 radical (unpaired) electrons. The van der Waals surface area contributed by atoms with Crippen molar-refractivity contribution in [2.45, 2.75) is 35.5 Å². The number of hydrogen-bond acceptors (Lipinski definition) is 6. The van der Waals surface area contributed by atoms with Crippen molar-refractivity contribution in [1.82, 2.24) is 4.31 Å². The second-order valence-corrected chi connectivity index (χ2v) is 10.2. The number of hydrogen-bond donors (Lipinski definition) is 1. The molecule has 1 heterocycles. The van der Waals surface area contributed by atoms with Gasteiger partial charge in [0.15, 0.2) is 0 Å². The van der Waals surface area contributed by atoms with E-state index in [1.54, 1.807) is 0 Å². The third-order valence-electron chi connectivity index (χ3n) is 4.51. The molecule has 7 nitrogen and oxygen atoms in total. The number of carbonyl (C=O) groups is 1. The van der Waals surface area contributed by atoms with E-state index in [-0.39, 0.29) is 35.3 Å². The number of amides is 1. The number of anilines is 1. The molecule has 0 unspecified atom stereocenters. The Hall–Kier alpha value is -2.21. The van der Waals surface area contributed by atoms with Crippen LogP contribution in [0.2, 0.25) is 0 Å². The van der Waals surface area contributed by atoms with Gasteiger partial charge < -0.3 is 14.8 Å². The highest BCUT2D eigenvalue weighted by molar-refractivity contribution is 7.99. The molecule has 1 fully saturated rings. The van der Waals surface area contributed by atoms with E-state index < -0.39 is 21.7 Å². The quantitative estimate of drug-likeness (QED) is 0.567. The monoisotopic (exact) mass is 486 g/mol. The van der Waals surface area contributed by atoms with Crippen molar-refractivity contribution in [1.29, 1.82) is 0 Å². The van der Waals surface area contributed by atoms with Crippen molar-refractivity contribution in [2.24, 2.45) is 0 Å². The Labute approximate surface area is 190 Å². The van der Waals surface area contributed by atoms with Gasteiger partial charge in [0.25, 0.3) is 11.7 Å². The summed E-state index contributed by atoms with van der Waals surface area (Å²) < 4.78 is 63.3. The van der Waals surface area contributed by atoms with Crippen LogP contribution in [0.3, 0.4) is 0 Å². The van der Waals surface area contributed by atoms with Crippen molar-refractivity contribution in [3.63, 3.8) is 0 Å². The zero-order valence-electron chi connectivity index (χ0n) is 17.6. The summed E-state index contributed by atoms with van der Waals surface area (Å²) in [6.45, 7) is 4.75. The molecule has 0 saturated carbocycles. The average molecular weight is 487 g/mol. The molecule has 0 atom stereocenters. The van der Waals surface area contributed by atoms with Crippen molar-refractivity contribution in [3.8, 4) is 5.75 Å². The molecule has 11 heteroatoms. The average Bonchev–Trinajstić information content (AvgIpc) is 2.75. The second-order valence-electron chi connectivity index (χ2n) is 7.20. The van der Waals surface area contributed by atoms with Gasteiger partial charge in [0.1, 0.15) is 5.75 Å². The van der Waals surface area contributed by atoms with Gasteiger partial charge in [-0.25, -0.2) is 8.42 Å². The molecule has 0 spiro atoms. The number of halogens is 2. The number of sulfonamides is 1. The Morgan fingerprint density at radius 1 is 1.12 bits per heavy atom. The van der Waals surface area contributed by atoms with Gasteiger partial charge in [0, 0.05) is 23.5 Å². The first-order chi connectivity index (χ1) is 15.2. The normalized spacial score (nSPS) is 15.2. The highest BCUT2D eigenvalue weighted by Gasteiger charge is 2.27. The van der Waals surface area contributed by atoms with Gasteiger partial charge in [0.2, 0.25) is 10.0 Å². The number of thioether (sulfide) groups is 1. The summed E-state index contributed by atoms with van der Waals surface area (Å²) in [6.07, 6.45) is -0.210.